The van der Waals surface area contributed by atoms with E-state index in [0.717, 1.165) is 22.4 Å². The first-order valence-electron chi connectivity index (χ1n) is 7.53. The molecule has 2 heterocycles. The number of hydrogen-bond acceptors (Lipinski definition) is 5. The molecule has 1 atom stereocenters. The molecule has 0 saturated heterocycles. The van der Waals surface area contributed by atoms with Gasteiger partial charge in [0.15, 0.2) is 5.82 Å². The summed E-state index contributed by atoms with van der Waals surface area (Å²) in [6.07, 6.45) is 0. The third-order valence-corrected chi connectivity index (χ3v) is 3.78. The highest BCUT2D eigenvalue weighted by Gasteiger charge is 2.16. The van der Waals surface area contributed by atoms with Gasteiger partial charge >= 0.3 is 5.69 Å². The van der Waals surface area contributed by atoms with Crippen LogP contribution in [0.25, 0.3) is 16.7 Å². The zero-order valence-electron chi connectivity index (χ0n) is 12.9. The lowest BCUT2D eigenvalue weighted by atomic mass is 10.2. The highest BCUT2D eigenvalue weighted by molar-refractivity contribution is 5.78. The van der Waals surface area contributed by atoms with Crippen LogP contribution in [0.15, 0.2) is 53.3 Å². The number of rotatable bonds is 4. The number of nitrogens with zero attached hydrogens (tertiary/aromatic N) is 4. The van der Waals surface area contributed by atoms with Gasteiger partial charge in [-0.25, -0.2) is 4.79 Å². The van der Waals surface area contributed by atoms with E-state index in [0.29, 0.717) is 5.82 Å². The molecule has 4 aromatic rings. The first-order chi connectivity index (χ1) is 11.7. The minimum Gasteiger partial charge on any atom is -0.375 e. The minimum atomic E-state index is -0.219. The van der Waals surface area contributed by atoms with Crippen LogP contribution in [0.5, 0.6) is 0 Å². The molecule has 24 heavy (non-hydrogen) atoms. The monoisotopic (exact) mass is 321 g/mol. The molecule has 0 saturated carbocycles. The van der Waals surface area contributed by atoms with Crippen molar-refractivity contribution in [1.29, 1.82) is 0 Å². The van der Waals surface area contributed by atoms with Crippen molar-refractivity contribution < 1.29 is 0 Å². The summed E-state index contributed by atoms with van der Waals surface area (Å²) >= 11 is 0. The molecule has 0 amide bonds. The second-order valence-electron chi connectivity index (χ2n) is 5.49. The standard InChI is InChI=1S/C16H15N7O/c1-10(15-20-21-22-23(15)12-5-3-2-4-6-12)17-11-7-8-13-14(9-11)19-16(24)18-13/h2-10,17H,1H3,(H2,18,19,24)/t10-/m1/s1. The molecule has 2 aromatic heterocycles. The Hall–Kier alpha value is -3.42. The van der Waals surface area contributed by atoms with E-state index in [1.807, 2.05) is 55.5 Å². The Labute approximate surface area is 136 Å². The summed E-state index contributed by atoms with van der Waals surface area (Å²) in [5, 5.41) is 15.3. The number of para-hydroxylation sites is 1. The molecule has 0 aliphatic carbocycles. The van der Waals surface area contributed by atoms with Crippen LogP contribution in [0.3, 0.4) is 0 Å². The molecule has 0 radical (unpaired) electrons. The molecule has 3 N–H and O–H groups in total. The van der Waals surface area contributed by atoms with Gasteiger partial charge in [0.25, 0.3) is 0 Å². The number of tetrazole rings is 1. The predicted octanol–water partition coefficient (Wildman–Crippen LogP) is 2.00. The highest BCUT2D eigenvalue weighted by Crippen LogP contribution is 2.21. The minimum absolute atomic E-state index is 0.122. The van der Waals surface area contributed by atoms with Gasteiger partial charge in [-0.2, -0.15) is 4.68 Å². The van der Waals surface area contributed by atoms with Crippen LogP contribution in [0.1, 0.15) is 18.8 Å². The van der Waals surface area contributed by atoms with E-state index in [2.05, 4.69) is 30.8 Å². The number of H-pyrrole nitrogens is 2. The average Bonchev–Trinajstić information content (AvgIpc) is 3.21. The molecule has 8 nitrogen and oxygen atoms in total. The van der Waals surface area contributed by atoms with Crippen molar-refractivity contribution in [3.63, 3.8) is 0 Å². The number of anilines is 1. The molecule has 0 fully saturated rings. The Morgan fingerprint density at radius 1 is 1.08 bits per heavy atom. The summed E-state index contributed by atoms with van der Waals surface area (Å²) in [6.45, 7) is 1.98. The van der Waals surface area contributed by atoms with Gasteiger partial charge in [-0.3, -0.25) is 0 Å². The SMILES string of the molecule is C[C@@H](Nc1ccc2[nH]c(=O)[nH]c2c1)c1nnnn1-c1ccccc1. The largest absolute Gasteiger partial charge is 0.375 e. The van der Waals surface area contributed by atoms with E-state index in [4.69, 9.17) is 0 Å². The van der Waals surface area contributed by atoms with Crippen molar-refractivity contribution in [1.82, 2.24) is 30.2 Å². The van der Waals surface area contributed by atoms with Crippen LogP contribution in [-0.2, 0) is 0 Å². The number of fused-ring (bicyclic) bond motifs is 1. The van der Waals surface area contributed by atoms with Gasteiger partial charge in [-0.05, 0) is 47.7 Å². The van der Waals surface area contributed by atoms with Crippen molar-refractivity contribution in [2.75, 3.05) is 5.32 Å². The quantitative estimate of drug-likeness (QED) is 0.533. The molecular weight excluding hydrogens is 306 g/mol. The number of imidazole rings is 1. The van der Waals surface area contributed by atoms with Crippen LogP contribution in [-0.4, -0.2) is 30.2 Å². The number of hydrogen-bond donors (Lipinski definition) is 3. The van der Waals surface area contributed by atoms with Crippen molar-refractivity contribution in [3.05, 3.63) is 64.8 Å². The van der Waals surface area contributed by atoms with Gasteiger partial charge in [0.05, 0.1) is 22.8 Å². The normalized spacial score (nSPS) is 12.4. The Bertz CT molecular complexity index is 1030. The van der Waals surface area contributed by atoms with E-state index in [-0.39, 0.29) is 11.7 Å². The number of aromatic amines is 2. The Kier molecular flexibility index (Phi) is 3.34. The summed E-state index contributed by atoms with van der Waals surface area (Å²) in [6, 6.07) is 15.2. The van der Waals surface area contributed by atoms with E-state index in [1.54, 1.807) is 4.68 Å². The molecule has 0 bridgehead atoms. The van der Waals surface area contributed by atoms with E-state index >= 15 is 0 Å². The Balaban J connectivity index is 1.63. The van der Waals surface area contributed by atoms with Crippen LogP contribution in [0.4, 0.5) is 5.69 Å². The molecule has 8 heteroatoms. The Morgan fingerprint density at radius 2 is 1.88 bits per heavy atom. The second-order valence-corrected chi connectivity index (χ2v) is 5.49. The molecule has 0 aliphatic heterocycles. The van der Waals surface area contributed by atoms with Gasteiger partial charge in [0.2, 0.25) is 0 Å². The predicted molar refractivity (Wildman–Crippen MR) is 90.1 cm³/mol. The third-order valence-electron chi connectivity index (χ3n) is 3.78. The van der Waals surface area contributed by atoms with Crippen LogP contribution in [0.2, 0.25) is 0 Å². The summed E-state index contributed by atoms with van der Waals surface area (Å²) < 4.78 is 1.70. The lowest BCUT2D eigenvalue weighted by molar-refractivity contribution is 0.719. The fourth-order valence-corrected chi connectivity index (χ4v) is 2.65. The van der Waals surface area contributed by atoms with Gasteiger partial charge in [-0.1, -0.05) is 18.2 Å². The summed E-state index contributed by atoms with van der Waals surface area (Å²) in [4.78, 5) is 16.8. The molecule has 120 valence electrons. The molecule has 0 unspecified atom stereocenters. The van der Waals surface area contributed by atoms with Crippen molar-refractivity contribution in [2.45, 2.75) is 13.0 Å². The molecule has 4 rings (SSSR count). The summed E-state index contributed by atoms with van der Waals surface area (Å²) in [5.74, 6) is 0.698. The molecule has 2 aromatic carbocycles. The fourth-order valence-electron chi connectivity index (χ4n) is 2.65. The first-order valence-corrected chi connectivity index (χ1v) is 7.53. The fraction of sp³-hybridized carbons (Fsp3) is 0.125. The summed E-state index contributed by atoms with van der Waals surface area (Å²) in [7, 11) is 0. The van der Waals surface area contributed by atoms with Gasteiger partial charge in [-0.15, -0.1) is 5.10 Å². The molecule has 0 spiro atoms. The van der Waals surface area contributed by atoms with Gasteiger partial charge in [0.1, 0.15) is 0 Å². The van der Waals surface area contributed by atoms with E-state index in [1.165, 1.54) is 0 Å². The number of nitrogens with one attached hydrogen (secondary N) is 3. The second kappa shape index (κ2) is 5.65. The topological polar surface area (TPSA) is 104 Å². The van der Waals surface area contributed by atoms with Crippen LogP contribution >= 0.6 is 0 Å². The van der Waals surface area contributed by atoms with Gasteiger partial charge in [0, 0.05) is 5.69 Å². The molecule has 0 aliphatic rings. The zero-order chi connectivity index (χ0) is 16.5. The van der Waals surface area contributed by atoms with Crippen LogP contribution < -0.4 is 11.0 Å². The lowest BCUT2D eigenvalue weighted by Gasteiger charge is -2.15. The van der Waals surface area contributed by atoms with E-state index < -0.39 is 0 Å². The third kappa shape index (κ3) is 2.54. The first kappa shape index (κ1) is 14.2. The highest BCUT2D eigenvalue weighted by atomic mass is 16.1. The maximum atomic E-state index is 11.3. The van der Waals surface area contributed by atoms with Crippen molar-refractivity contribution in [2.24, 2.45) is 0 Å². The Morgan fingerprint density at radius 3 is 2.71 bits per heavy atom. The lowest BCUT2D eigenvalue weighted by Crippen LogP contribution is -2.13. The molecular formula is C16H15N7O. The number of aromatic nitrogens is 6. The van der Waals surface area contributed by atoms with E-state index in [9.17, 15) is 4.79 Å². The summed E-state index contributed by atoms with van der Waals surface area (Å²) in [5.41, 5.74) is 3.07. The van der Waals surface area contributed by atoms with Crippen molar-refractivity contribution >= 4 is 16.7 Å². The maximum absolute atomic E-state index is 11.3. The van der Waals surface area contributed by atoms with Crippen LogP contribution in [0, 0.1) is 0 Å². The van der Waals surface area contributed by atoms with Gasteiger partial charge < -0.3 is 15.3 Å². The zero-order valence-corrected chi connectivity index (χ0v) is 12.9. The average molecular weight is 321 g/mol. The maximum Gasteiger partial charge on any atom is 0.323 e. The van der Waals surface area contributed by atoms with Crippen molar-refractivity contribution in [3.8, 4) is 5.69 Å². The smallest absolute Gasteiger partial charge is 0.323 e. The number of benzene rings is 2.